The van der Waals surface area contributed by atoms with Gasteiger partial charge in [0, 0.05) is 30.2 Å². The number of furan rings is 1. The van der Waals surface area contributed by atoms with Crippen molar-refractivity contribution in [2.75, 3.05) is 10.0 Å². The van der Waals surface area contributed by atoms with Crippen LogP contribution in [0.15, 0.2) is 95.0 Å². The van der Waals surface area contributed by atoms with E-state index < -0.39 is 17.7 Å². The van der Waals surface area contributed by atoms with Crippen molar-refractivity contribution in [1.82, 2.24) is 15.8 Å². The van der Waals surface area contributed by atoms with Crippen LogP contribution in [-0.4, -0.2) is 33.7 Å². The molecule has 42 heavy (non-hydrogen) atoms. The van der Waals surface area contributed by atoms with Gasteiger partial charge in [0.15, 0.2) is 0 Å². The van der Waals surface area contributed by atoms with E-state index in [-0.39, 0.29) is 23.7 Å². The van der Waals surface area contributed by atoms with Gasteiger partial charge in [0.25, 0.3) is 23.6 Å². The van der Waals surface area contributed by atoms with E-state index in [1.165, 1.54) is 28.6 Å². The largest absolute Gasteiger partial charge is 0.472 e. The number of aromatic amines is 1. The lowest BCUT2D eigenvalue weighted by Crippen LogP contribution is -2.35. The monoisotopic (exact) mass is 789 g/mol. The SMILES string of the molecule is O=C1NN(c2ccc(I)cc2)C(=O)C1=Cc1ccc[nH]1.O=C1NN(c2ccc(I)cc2)C(=O)C1=Cc1cocc1CO. The second kappa shape index (κ2) is 12.7. The van der Waals surface area contributed by atoms with Crippen LogP contribution in [0.4, 0.5) is 11.4 Å². The summed E-state index contributed by atoms with van der Waals surface area (Å²) in [6.45, 7) is -0.230. The van der Waals surface area contributed by atoms with Crippen molar-refractivity contribution in [2.45, 2.75) is 6.61 Å². The summed E-state index contributed by atoms with van der Waals surface area (Å²) in [5.41, 5.74) is 8.15. The highest BCUT2D eigenvalue weighted by Gasteiger charge is 2.35. The topological polar surface area (TPSA) is 148 Å². The van der Waals surface area contributed by atoms with E-state index in [4.69, 9.17) is 4.42 Å². The summed E-state index contributed by atoms with van der Waals surface area (Å²) >= 11 is 4.34. The second-order valence-corrected chi connectivity index (χ2v) is 11.4. The van der Waals surface area contributed by atoms with Crippen LogP contribution in [0.2, 0.25) is 0 Å². The van der Waals surface area contributed by atoms with Crippen molar-refractivity contribution in [3.8, 4) is 0 Å². The Labute approximate surface area is 266 Å². The van der Waals surface area contributed by atoms with Gasteiger partial charge in [-0.05, 0) is 118 Å². The molecule has 0 bridgehead atoms. The number of carbonyl (C=O) groups is 4. The van der Waals surface area contributed by atoms with Crippen LogP contribution in [0.3, 0.4) is 0 Å². The van der Waals surface area contributed by atoms with Gasteiger partial charge in [0.1, 0.15) is 11.1 Å². The molecule has 0 aliphatic carbocycles. The molecule has 13 heteroatoms. The van der Waals surface area contributed by atoms with Crippen molar-refractivity contribution < 1.29 is 28.7 Å². The van der Waals surface area contributed by atoms with Gasteiger partial charge in [-0.15, -0.1) is 0 Å². The number of halogens is 2. The fraction of sp³-hybridized carbons (Fsp3) is 0.0345. The molecule has 212 valence electrons. The number of rotatable bonds is 5. The number of aromatic nitrogens is 1. The van der Waals surface area contributed by atoms with Crippen LogP contribution in [0, 0.1) is 7.14 Å². The minimum Gasteiger partial charge on any atom is -0.472 e. The Morgan fingerprint density at radius 2 is 1.26 bits per heavy atom. The summed E-state index contributed by atoms with van der Waals surface area (Å²) in [5.74, 6) is -1.70. The average molecular weight is 789 g/mol. The van der Waals surface area contributed by atoms with Gasteiger partial charge in [0.2, 0.25) is 0 Å². The fourth-order valence-electron chi connectivity index (χ4n) is 3.99. The molecule has 0 spiro atoms. The number of hydrazine groups is 2. The quantitative estimate of drug-likeness (QED) is 0.137. The Bertz CT molecular complexity index is 1710. The smallest absolute Gasteiger partial charge is 0.282 e. The first kappa shape index (κ1) is 29.3. The lowest BCUT2D eigenvalue weighted by Gasteiger charge is -2.14. The number of nitrogens with one attached hydrogen (secondary N) is 3. The summed E-state index contributed by atoms with van der Waals surface area (Å²) in [6.07, 6.45) is 7.46. The van der Waals surface area contributed by atoms with Gasteiger partial charge in [0.05, 0.1) is 30.5 Å². The van der Waals surface area contributed by atoms with Gasteiger partial charge in [-0.1, -0.05) is 0 Å². The summed E-state index contributed by atoms with van der Waals surface area (Å²) in [7, 11) is 0. The molecule has 4 aromatic rings. The van der Waals surface area contributed by atoms with Crippen molar-refractivity contribution in [1.29, 1.82) is 0 Å². The molecule has 11 nitrogen and oxygen atoms in total. The van der Waals surface area contributed by atoms with E-state index in [0.717, 1.165) is 7.14 Å². The summed E-state index contributed by atoms with van der Waals surface area (Å²) < 4.78 is 7.07. The van der Waals surface area contributed by atoms with Gasteiger partial charge in [-0.25, -0.2) is 10.0 Å². The summed E-state index contributed by atoms with van der Waals surface area (Å²) in [6, 6.07) is 18.1. The van der Waals surface area contributed by atoms with E-state index in [1.54, 1.807) is 48.7 Å². The predicted molar refractivity (Wildman–Crippen MR) is 171 cm³/mol. The zero-order chi connectivity index (χ0) is 29.8. The average Bonchev–Trinajstić information content (AvgIpc) is 3.78. The van der Waals surface area contributed by atoms with Crippen LogP contribution in [-0.2, 0) is 25.8 Å². The Balaban J connectivity index is 0.000000169. The third-order valence-electron chi connectivity index (χ3n) is 6.12. The van der Waals surface area contributed by atoms with Gasteiger partial charge in [-0.3, -0.25) is 30.0 Å². The molecule has 0 saturated carbocycles. The number of aliphatic hydroxyl groups excluding tert-OH is 1. The molecule has 2 fully saturated rings. The molecule has 2 aromatic heterocycles. The minimum atomic E-state index is -0.492. The molecule has 4 heterocycles. The van der Waals surface area contributed by atoms with Crippen LogP contribution in [0.25, 0.3) is 12.2 Å². The normalized spacial score (nSPS) is 16.6. The van der Waals surface area contributed by atoms with Crippen LogP contribution >= 0.6 is 45.2 Å². The number of carbonyl (C=O) groups excluding carboxylic acids is 4. The third-order valence-corrected chi connectivity index (χ3v) is 7.56. The maximum Gasteiger partial charge on any atom is 0.282 e. The highest BCUT2D eigenvalue weighted by Crippen LogP contribution is 2.24. The molecule has 0 unspecified atom stereocenters. The first-order valence-corrected chi connectivity index (χ1v) is 14.5. The Kier molecular flexibility index (Phi) is 8.89. The number of amides is 4. The number of nitrogens with zero attached hydrogens (tertiary/aromatic N) is 2. The number of hydrogen-bond acceptors (Lipinski definition) is 6. The number of aliphatic hydroxyl groups is 1. The number of anilines is 2. The number of benzene rings is 2. The Morgan fingerprint density at radius 3 is 1.74 bits per heavy atom. The first-order valence-electron chi connectivity index (χ1n) is 12.3. The fourth-order valence-corrected chi connectivity index (χ4v) is 4.71. The summed E-state index contributed by atoms with van der Waals surface area (Å²) in [4.78, 5) is 51.6. The van der Waals surface area contributed by atoms with Crippen molar-refractivity contribution in [2.24, 2.45) is 0 Å². The highest BCUT2D eigenvalue weighted by atomic mass is 127. The third kappa shape index (κ3) is 6.32. The molecule has 6 rings (SSSR count). The van der Waals surface area contributed by atoms with E-state index in [1.807, 2.05) is 24.3 Å². The van der Waals surface area contributed by atoms with Crippen molar-refractivity contribution in [3.05, 3.63) is 114 Å². The molecule has 2 aromatic carbocycles. The molecule has 4 amide bonds. The first-order chi connectivity index (χ1) is 20.2. The molecular formula is C29H21I2N5O6. The maximum absolute atomic E-state index is 12.4. The maximum atomic E-state index is 12.4. The zero-order valence-corrected chi connectivity index (χ0v) is 25.8. The lowest BCUT2D eigenvalue weighted by molar-refractivity contribution is -0.118. The number of H-pyrrole nitrogens is 1. The minimum absolute atomic E-state index is 0.00495. The number of hydrogen-bond donors (Lipinski definition) is 4. The molecule has 0 atom stereocenters. The van der Waals surface area contributed by atoms with Crippen LogP contribution < -0.4 is 20.9 Å². The van der Waals surface area contributed by atoms with Gasteiger partial charge < -0.3 is 14.5 Å². The van der Waals surface area contributed by atoms with E-state index in [2.05, 4.69) is 61.0 Å². The zero-order valence-electron chi connectivity index (χ0n) is 21.5. The Morgan fingerprint density at radius 1 is 0.738 bits per heavy atom. The summed E-state index contributed by atoms with van der Waals surface area (Å²) in [5, 5.41) is 11.6. The van der Waals surface area contributed by atoms with Crippen molar-refractivity contribution in [3.63, 3.8) is 0 Å². The van der Waals surface area contributed by atoms with Crippen LogP contribution in [0.1, 0.15) is 16.8 Å². The Hall–Kier alpha value is -4.22. The molecule has 2 aliphatic heterocycles. The second-order valence-electron chi connectivity index (χ2n) is 8.87. The van der Waals surface area contributed by atoms with Gasteiger partial charge in [-0.2, -0.15) is 0 Å². The van der Waals surface area contributed by atoms with Gasteiger partial charge >= 0.3 is 0 Å². The van der Waals surface area contributed by atoms with Crippen LogP contribution in [0.5, 0.6) is 0 Å². The molecule has 4 N–H and O–H groups in total. The predicted octanol–water partition coefficient (Wildman–Crippen LogP) is 3.92. The molecule has 0 radical (unpaired) electrons. The van der Waals surface area contributed by atoms with E-state index in [0.29, 0.717) is 28.2 Å². The van der Waals surface area contributed by atoms with E-state index >= 15 is 0 Å². The molecular weight excluding hydrogens is 768 g/mol. The lowest BCUT2D eigenvalue weighted by atomic mass is 10.1. The standard InChI is InChI=1S/C15H11IN2O4.C14H10IN3O2/c16-11-1-3-12(4-2-11)18-15(21)13(14(20)17-18)5-9-7-22-8-10(9)6-19;15-9-3-5-11(6-4-9)18-14(20)12(13(19)17-18)8-10-2-1-7-16-10/h1-5,7-8,19H,6H2,(H,17,20);1-8,16H,(H,17,19). The molecule has 2 saturated heterocycles. The van der Waals surface area contributed by atoms with Crippen molar-refractivity contribution >= 4 is 92.3 Å². The highest BCUT2D eigenvalue weighted by molar-refractivity contribution is 14.1. The molecule has 2 aliphatic rings. The van der Waals surface area contributed by atoms with E-state index in [9.17, 15) is 24.3 Å².